The van der Waals surface area contributed by atoms with Gasteiger partial charge in [-0.2, -0.15) is 0 Å². The number of hydrogen-bond donors (Lipinski definition) is 1. The maximum Gasteiger partial charge on any atom is 0.229 e. The van der Waals surface area contributed by atoms with Crippen molar-refractivity contribution in [3.63, 3.8) is 0 Å². The molecule has 1 aliphatic heterocycles. The zero-order chi connectivity index (χ0) is 20.1. The summed E-state index contributed by atoms with van der Waals surface area (Å²) in [6, 6.07) is 20.2. The molecule has 1 unspecified atom stereocenters. The number of nitrogens with one attached hydrogen (secondary N) is 1. The second-order valence-electron chi connectivity index (χ2n) is 7.45. The molecule has 0 spiro atoms. The van der Waals surface area contributed by atoms with Crippen molar-refractivity contribution in [1.82, 2.24) is 9.97 Å². The van der Waals surface area contributed by atoms with Gasteiger partial charge in [0.05, 0.1) is 11.6 Å². The van der Waals surface area contributed by atoms with Crippen LogP contribution in [-0.2, 0) is 11.2 Å². The molecule has 1 aliphatic rings. The highest BCUT2D eigenvalue weighted by atomic mass is 16.1. The van der Waals surface area contributed by atoms with Crippen molar-refractivity contribution in [1.29, 1.82) is 0 Å². The first-order valence-corrected chi connectivity index (χ1v) is 10.2. The fourth-order valence-corrected chi connectivity index (χ4v) is 3.75. The van der Waals surface area contributed by atoms with Crippen LogP contribution in [0.15, 0.2) is 67.0 Å². The van der Waals surface area contributed by atoms with Gasteiger partial charge in [0, 0.05) is 30.4 Å². The number of benzene rings is 2. The topological polar surface area (TPSA) is 58.1 Å². The van der Waals surface area contributed by atoms with Gasteiger partial charge in [-0.05, 0) is 37.0 Å². The third-order valence-electron chi connectivity index (χ3n) is 5.47. The van der Waals surface area contributed by atoms with Gasteiger partial charge in [-0.25, -0.2) is 9.97 Å². The monoisotopic (exact) mass is 386 g/mol. The number of nitrogens with zero attached hydrogens (tertiary/aromatic N) is 3. The summed E-state index contributed by atoms with van der Waals surface area (Å²) in [5.41, 5.74) is 4.10. The van der Waals surface area contributed by atoms with Crippen molar-refractivity contribution in [3.8, 4) is 11.3 Å². The van der Waals surface area contributed by atoms with Gasteiger partial charge in [-0.1, -0.05) is 49.4 Å². The average molecular weight is 386 g/mol. The van der Waals surface area contributed by atoms with Crippen LogP contribution in [0.2, 0.25) is 0 Å². The molecule has 0 saturated carbocycles. The minimum absolute atomic E-state index is 0.0512. The molecule has 2 aromatic carbocycles. The van der Waals surface area contributed by atoms with Crippen molar-refractivity contribution in [3.05, 3.63) is 72.6 Å². The Hall–Kier alpha value is -3.21. The van der Waals surface area contributed by atoms with Crippen molar-refractivity contribution in [2.45, 2.75) is 26.2 Å². The number of anilines is 2. The SMILES string of the molecule is CCc1ccc(NC(=O)C2CCCN(c3cc(-c4ccccc4)ncn3)C2)cc1. The van der Waals surface area contributed by atoms with Gasteiger partial charge in [0.2, 0.25) is 5.91 Å². The Morgan fingerprint density at radius 1 is 1.10 bits per heavy atom. The van der Waals surface area contributed by atoms with Crippen molar-refractivity contribution < 1.29 is 4.79 Å². The summed E-state index contributed by atoms with van der Waals surface area (Å²) in [6.45, 7) is 3.70. The van der Waals surface area contributed by atoms with E-state index in [1.807, 2.05) is 48.5 Å². The third-order valence-corrected chi connectivity index (χ3v) is 5.47. The first-order chi connectivity index (χ1) is 14.2. The Balaban J connectivity index is 1.44. The highest BCUT2D eigenvalue weighted by Gasteiger charge is 2.27. The van der Waals surface area contributed by atoms with E-state index in [2.05, 4.69) is 39.2 Å². The number of carbonyl (C=O) groups is 1. The molecule has 5 nitrogen and oxygen atoms in total. The summed E-state index contributed by atoms with van der Waals surface area (Å²) in [5, 5.41) is 3.07. The van der Waals surface area contributed by atoms with Gasteiger partial charge in [0.1, 0.15) is 12.1 Å². The molecular weight excluding hydrogens is 360 g/mol. The quantitative estimate of drug-likeness (QED) is 0.698. The maximum atomic E-state index is 12.8. The van der Waals surface area contributed by atoms with Crippen molar-refractivity contribution in [2.24, 2.45) is 5.92 Å². The first-order valence-electron chi connectivity index (χ1n) is 10.2. The fourth-order valence-electron chi connectivity index (χ4n) is 3.75. The first kappa shape index (κ1) is 19.1. The average Bonchev–Trinajstić information content (AvgIpc) is 2.80. The Kier molecular flexibility index (Phi) is 5.84. The molecule has 148 valence electrons. The molecule has 0 aliphatic carbocycles. The summed E-state index contributed by atoms with van der Waals surface area (Å²) in [7, 11) is 0. The number of aryl methyl sites for hydroxylation is 1. The largest absolute Gasteiger partial charge is 0.356 e. The second kappa shape index (κ2) is 8.86. The number of rotatable bonds is 5. The summed E-state index contributed by atoms with van der Waals surface area (Å²) in [6.07, 6.45) is 4.47. The lowest BCUT2D eigenvalue weighted by atomic mass is 9.97. The van der Waals surface area contributed by atoms with E-state index in [4.69, 9.17) is 0 Å². The Labute approximate surface area is 171 Å². The van der Waals surface area contributed by atoms with Crippen LogP contribution in [0.1, 0.15) is 25.3 Å². The zero-order valence-corrected chi connectivity index (χ0v) is 16.7. The third kappa shape index (κ3) is 4.62. The van der Waals surface area contributed by atoms with Crippen LogP contribution >= 0.6 is 0 Å². The van der Waals surface area contributed by atoms with Gasteiger partial charge < -0.3 is 10.2 Å². The van der Waals surface area contributed by atoms with E-state index in [0.717, 1.165) is 48.6 Å². The predicted octanol–water partition coefficient (Wildman–Crippen LogP) is 4.56. The normalized spacial score (nSPS) is 16.4. The molecule has 3 aromatic rings. The molecule has 5 heteroatoms. The minimum atomic E-state index is -0.0512. The van der Waals surface area contributed by atoms with E-state index < -0.39 is 0 Å². The van der Waals surface area contributed by atoms with Gasteiger partial charge in [0.25, 0.3) is 0 Å². The minimum Gasteiger partial charge on any atom is -0.356 e. The molecular formula is C24H26N4O. The van der Waals surface area contributed by atoms with Crippen LogP contribution < -0.4 is 10.2 Å². The van der Waals surface area contributed by atoms with Crippen molar-refractivity contribution in [2.75, 3.05) is 23.3 Å². The van der Waals surface area contributed by atoms with Crippen LogP contribution in [0.4, 0.5) is 11.5 Å². The molecule has 4 rings (SSSR count). The van der Waals surface area contributed by atoms with Gasteiger partial charge in [0.15, 0.2) is 0 Å². The summed E-state index contributed by atoms with van der Waals surface area (Å²) in [5.74, 6) is 0.907. The van der Waals surface area contributed by atoms with E-state index >= 15 is 0 Å². The molecule has 1 N–H and O–H groups in total. The van der Waals surface area contributed by atoms with E-state index in [1.54, 1.807) is 6.33 Å². The zero-order valence-electron chi connectivity index (χ0n) is 16.7. The summed E-state index contributed by atoms with van der Waals surface area (Å²) in [4.78, 5) is 23.9. The van der Waals surface area contributed by atoms with Crippen molar-refractivity contribution >= 4 is 17.4 Å². The second-order valence-corrected chi connectivity index (χ2v) is 7.45. The molecule has 1 amide bonds. The smallest absolute Gasteiger partial charge is 0.229 e. The number of piperidine rings is 1. The Morgan fingerprint density at radius 3 is 2.66 bits per heavy atom. The van der Waals surface area contributed by atoms with E-state index in [0.29, 0.717) is 6.54 Å². The fraction of sp³-hybridized carbons (Fsp3) is 0.292. The molecule has 1 saturated heterocycles. The highest BCUT2D eigenvalue weighted by Crippen LogP contribution is 2.25. The predicted molar refractivity (Wildman–Crippen MR) is 117 cm³/mol. The number of aromatic nitrogens is 2. The number of hydrogen-bond acceptors (Lipinski definition) is 4. The summed E-state index contributed by atoms with van der Waals surface area (Å²) >= 11 is 0. The van der Waals surface area contributed by atoms with E-state index in [1.165, 1.54) is 5.56 Å². The lowest BCUT2D eigenvalue weighted by Gasteiger charge is -2.33. The molecule has 2 heterocycles. The van der Waals surface area contributed by atoms with Crippen LogP contribution in [0, 0.1) is 5.92 Å². The highest BCUT2D eigenvalue weighted by molar-refractivity contribution is 5.93. The maximum absolute atomic E-state index is 12.8. The van der Waals surface area contributed by atoms with Gasteiger partial charge >= 0.3 is 0 Å². The Morgan fingerprint density at radius 2 is 1.90 bits per heavy atom. The molecule has 29 heavy (non-hydrogen) atoms. The van der Waals surface area contributed by atoms with Crippen LogP contribution in [-0.4, -0.2) is 29.0 Å². The van der Waals surface area contributed by atoms with E-state index in [9.17, 15) is 4.79 Å². The molecule has 1 fully saturated rings. The summed E-state index contributed by atoms with van der Waals surface area (Å²) < 4.78 is 0. The number of carbonyl (C=O) groups excluding carboxylic acids is 1. The molecule has 0 radical (unpaired) electrons. The number of amides is 1. The standard InChI is InChI=1S/C24H26N4O/c1-2-18-10-12-21(13-11-18)27-24(29)20-9-6-14-28(16-20)23-15-22(25-17-26-23)19-7-4-3-5-8-19/h3-5,7-8,10-13,15,17,20H,2,6,9,14,16H2,1H3,(H,27,29). The van der Waals surface area contributed by atoms with Gasteiger partial charge in [-0.15, -0.1) is 0 Å². The lowest BCUT2D eigenvalue weighted by molar-refractivity contribution is -0.120. The molecule has 1 aromatic heterocycles. The molecule has 1 atom stereocenters. The molecule has 0 bridgehead atoms. The van der Waals surface area contributed by atoms with Crippen LogP contribution in [0.5, 0.6) is 0 Å². The van der Waals surface area contributed by atoms with E-state index in [-0.39, 0.29) is 11.8 Å². The van der Waals surface area contributed by atoms with Gasteiger partial charge in [-0.3, -0.25) is 4.79 Å². The van der Waals surface area contributed by atoms with Crippen LogP contribution in [0.25, 0.3) is 11.3 Å². The van der Waals surface area contributed by atoms with Crippen LogP contribution in [0.3, 0.4) is 0 Å². The Bertz CT molecular complexity index is 956. The lowest BCUT2D eigenvalue weighted by Crippen LogP contribution is -2.41.